The van der Waals surface area contributed by atoms with Crippen molar-refractivity contribution >= 4 is 17.8 Å². The fraction of sp³-hybridized carbons (Fsp3) is 0.471. The Morgan fingerprint density at radius 2 is 2.04 bits per heavy atom. The molecule has 6 heteroatoms. The molecule has 1 fully saturated rings. The number of carbonyl (C=O) groups excluding carboxylic acids is 2. The molecule has 0 saturated carbocycles. The van der Waals surface area contributed by atoms with E-state index in [0.717, 1.165) is 5.56 Å². The van der Waals surface area contributed by atoms with E-state index in [1.54, 1.807) is 0 Å². The molecule has 1 saturated heterocycles. The lowest BCUT2D eigenvalue weighted by molar-refractivity contribution is -0.138. The van der Waals surface area contributed by atoms with Crippen molar-refractivity contribution < 1.29 is 19.5 Å². The topological polar surface area (TPSA) is 95.5 Å². The molecule has 0 spiro atoms. The second-order valence-electron chi connectivity index (χ2n) is 5.87. The minimum absolute atomic E-state index is 0.0131. The first-order valence-electron chi connectivity index (χ1n) is 7.87. The van der Waals surface area contributed by atoms with Gasteiger partial charge in [-0.15, -0.1) is 0 Å². The van der Waals surface area contributed by atoms with Crippen LogP contribution < -0.4 is 10.6 Å². The SMILES string of the molecule is O=C(O)CCC(Cc1ccccc1)NC(=O)C1CCC(=O)NC1. The number of benzene rings is 1. The largest absolute Gasteiger partial charge is 0.481 e. The van der Waals surface area contributed by atoms with Crippen molar-refractivity contribution in [3.63, 3.8) is 0 Å². The van der Waals surface area contributed by atoms with Crippen LogP contribution in [0, 0.1) is 5.92 Å². The highest BCUT2D eigenvalue weighted by Gasteiger charge is 2.26. The van der Waals surface area contributed by atoms with Crippen LogP contribution in [0.15, 0.2) is 30.3 Å². The number of carboxylic acid groups (broad SMARTS) is 1. The summed E-state index contributed by atoms with van der Waals surface area (Å²) in [4.78, 5) is 34.3. The number of carboxylic acids is 1. The second kappa shape index (κ2) is 8.31. The molecule has 2 atom stereocenters. The minimum atomic E-state index is -0.873. The number of rotatable bonds is 7. The minimum Gasteiger partial charge on any atom is -0.481 e. The molecule has 1 aromatic rings. The number of amides is 2. The third kappa shape index (κ3) is 5.73. The predicted molar refractivity (Wildman–Crippen MR) is 84.7 cm³/mol. The van der Waals surface area contributed by atoms with Crippen molar-refractivity contribution in [2.45, 2.75) is 38.1 Å². The fourth-order valence-corrected chi connectivity index (χ4v) is 2.70. The number of piperidine rings is 1. The Kier molecular flexibility index (Phi) is 6.14. The van der Waals surface area contributed by atoms with E-state index in [-0.39, 0.29) is 30.2 Å². The van der Waals surface area contributed by atoms with Crippen LogP contribution in [0.4, 0.5) is 0 Å². The summed E-state index contributed by atoms with van der Waals surface area (Å²) in [5.74, 6) is -1.25. The molecule has 2 unspecified atom stereocenters. The molecule has 3 N–H and O–H groups in total. The Balaban J connectivity index is 1.94. The van der Waals surface area contributed by atoms with Gasteiger partial charge in [0.05, 0.1) is 5.92 Å². The molecule has 0 bridgehead atoms. The zero-order valence-corrected chi connectivity index (χ0v) is 13.0. The van der Waals surface area contributed by atoms with E-state index < -0.39 is 5.97 Å². The summed E-state index contributed by atoms with van der Waals surface area (Å²) in [5.41, 5.74) is 1.06. The third-order valence-corrected chi connectivity index (χ3v) is 4.01. The van der Waals surface area contributed by atoms with Gasteiger partial charge >= 0.3 is 5.97 Å². The Morgan fingerprint density at radius 1 is 1.30 bits per heavy atom. The average molecular weight is 318 g/mol. The Labute approximate surface area is 135 Å². The molecule has 23 heavy (non-hydrogen) atoms. The maximum absolute atomic E-state index is 12.3. The number of aliphatic carboxylic acids is 1. The Morgan fingerprint density at radius 3 is 2.65 bits per heavy atom. The van der Waals surface area contributed by atoms with Gasteiger partial charge in [-0.25, -0.2) is 0 Å². The van der Waals surface area contributed by atoms with Crippen molar-refractivity contribution in [2.75, 3.05) is 6.54 Å². The summed E-state index contributed by atoms with van der Waals surface area (Å²) in [6.07, 6.45) is 1.89. The first-order chi connectivity index (χ1) is 11.0. The quantitative estimate of drug-likeness (QED) is 0.701. The van der Waals surface area contributed by atoms with E-state index in [4.69, 9.17) is 5.11 Å². The van der Waals surface area contributed by atoms with E-state index >= 15 is 0 Å². The van der Waals surface area contributed by atoms with Gasteiger partial charge in [-0.05, 0) is 24.8 Å². The van der Waals surface area contributed by atoms with Gasteiger partial charge in [0.1, 0.15) is 0 Å². The van der Waals surface area contributed by atoms with E-state index in [2.05, 4.69) is 10.6 Å². The molecule has 0 aromatic heterocycles. The zero-order valence-electron chi connectivity index (χ0n) is 13.0. The molecular formula is C17H22N2O4. The van der Waals surface area contributed by atoms with Gasteiger partial charge < -0.3 is 15.7 Å². The van der Waals surface area contributed by atoms with E-state index in [9.17, 15) is 14.4 Å². The molecule has 1 heterocycles. The smallest absolute Gasteiger partial charge is 0.303 e. The van der Waals surface area contributed by atoms with Crippen LogP contribution in [0.2, 0.25) is 0 Å². The van der Waals surface area contributed by atoms with Crippen molar-refractivity contribution in [3.8, 4) is 0 Å². The van der Waals surface area contributed by atoms with E-state index in [1.165, 1.54) is 0 Å². The normalized spacial score (nSPS) is 18.8. The third-order valence-electron chi connectivity index (χ3n) is 4.01. The van der Waals surface area contributed by atoms with E-state index in [0.29, 0.717) is 32.2 Å². The fourth-order valence-electron chi connectivity index (χ4n) is 2.70. The monoisotopic (exact) mass is 318 g/mol. The Hall–Kier alpha value is -2.37. The number of hydrogen-bond donors (Lipinski definition) is 3. The maximum Gasteiger partial charge on any atom is 0.303 e. The van der Waals surface area contributed by atoms with Crippen molar-refractivity contribution in [1.82, 2.24) is 10.6 Å². The Bertz CT molecular complexity index is 549. The van der Waals surface area contributed by atoms with Crippen LogP contribution >= 0.6 is 0 Å². The highest BCUT2D eigenvalue weighted by Crippen LogP contribution is 2.13. The summed E-state index contributed by atoms with van der Waals surface area (Å²) in [5, 5.41) is 14.5. The lowest BCUT2D eigenvalue weighted by atomic mass is 9.96. The van der Waals surface area contributed by atoms with Crippen molar-refractivity contribution in [1.29, 1.82) is 0 Å². The lowest BCUT2D eigenvalue weighted by Crippen LogP contribution is -2.46. The van der Waals surface area contributed by atoms with Crippen LogP contribution in [0.5, 0.6) is 0 Å². The average Bonchev–Trinajstić information content (AvgIpc) is 2.54. The van der Waals surface area contributed by atoms with Gasteiger partial charge in [0.2, 0.25) is 11.8 Å². The summed E-state index contributed by atoms with van der Waals surface area (Å²) in [6, 6.07) is 9.45. The van der Waals surface area contributed by atoms with Gasteiger partial charge in [-0.2, -0.15) is 0 Å². The molecule has 1 aliphatic heterocycles. The highest BCUT2D eigenvalue weighted by atomic mass is 16.4. The molecule has 0 aliphatic carbocycles. The van der Waals surface area contributed by atoms with Crippen LogP contribution in [-0.4, -0.2) is 35.5 Å². The van der Waals surface area contributed by atoms with Crippen LogP contribution in [0.1, 0.15) is 31.2 Å². The van der Waals surface area contributed by atoms with Gasteiger partial charge in [0.15, 0.2) is 0 Å². The summed E-state index contributed by atoms with van der Waals surface area (Å²) in [7, 11) is 0. The standard InChI is InChI=1S/C17H22N2O4/c20-15-8-6-13(11-18-15)17(23)19-14(7-9-16(21)22)10-12-4-2-1-3-5-12/h1-5,13-14H,6-11H2,(H,18,20)(H,19,23)(H,21,22). The number of hydrogen-bond acceptors (Lipinski definition) is 3. The molecule has 2 amide bonds. The van der Waals surface area contributed by atoms with Gasteiger partial charge in [0.25, 0.3) is 0 Å². The molecule has 0 radical (unpaired) electrons. The van der Waals surface area contributed by atoms with Crippen LogP contribution in [-0.2, 0) is 20.8 Å². The van der Waals surface area contributed by atoms with Gasteiger partial charge in [-0.1, -0.05) is 30.3 Å². The summed E-state index contributed by atoms with van der Waals surface area (Å²) >= 11 is 0. The zero-order chi connectivity index (χ0) is 16.7. The number of carbonyl (C=O) groups is 3. The molecule has 1 aliphatic rings. The van der Waals surface area contributed by atoms with Gasteiger partial charge in [-0.3, -0.25) is 14.4 Å². The molecule has 2 rings (SSSR count). The maximum atomic E-state index is 12.3. The molecule has 6 nitrogen and oxygen atoms in total. The highest BCUT2D eigenvalue weighted by molar-refractivity contribution is 5.83. The van der Waals surface area contributed by atoms with Crippen molar-refractivity contribution in [3.05, 3.63) is 35.9 Å². The molecular weight excluding hydrogens is 296 g/mol. The van der Waals surface area contributed by atoms with E-state index in [1.807, 2.05) is 30.3 Å². The lowest BCUT2D eigenvalue weighted by Gasteiger charge is -2.25. The molecule has 124 valence electrons. The summed E-state index contributed by atoms with van der Waals surface area (Å²) < 4.78 is 0. The predicted octanol–water partition coefficient (Wildman–Crippen LogP) is 1.10. The van der Waals surface area contributed by atoms with Crippen LogP contribution in [0.25, 0.3) is 0 Å². The first kappa shape index (κ1) is 17.0. The first-order valence-corrected chi connectivity index (χ1v) is 7.87. The number of nitrogens with one attached hydrogen (secondary N) is 2. The molecule has 1 aromatic carbocycles. The van der Waals surface area contributed by atoms with Crippen molar-refractivity contribution in [2.24, 2.45) is 5.92 Å². The summed E-state index contributed by atoms with van der Waals surface area (Å²) in [6.45, 7) is 0.349. The van der Waals surface area contributed by atoms with Crippen LogP contribution in [0.3, 0.4) is 0 Å². The second-order valence-corrected chi connectivity index (χ2v) is 5.87. The van der Waals surface area contributed by atoms with Gasteiger partial charge in [0, 0.05) is 25.4 Å².